The Morgan fingerprint density at radius 3 is 2.69 bits per heavy atom. The molecule has 26 heavy (non-hydrogen) atoms. The smallest absolute Gasteiger partial charge is 0.160 e. The summed E-state index contributed by atoms with van der Waals surface area (Å²) in [5.41, 5.74) is 11.7. The molecule has 1 aromatic heterocycles. The molecule has 0 spiro atoms. The van der Waals surface area contributed by atoms with Crippen LogP contribution in [0.4, 0.5) is 0 Å². The Balaban J connectivity index is 1.61. The largest absolute Gasteiger partial charge is 0.493 e. The van der Waals surface area contributed by atoms with E-state index < -0.39 is 0 Å². The number of hydrogen-bond acceptors (Lipinski definition) is 3. The topological polar surface area (TPSA) is 60.3 Å². The number of aromatic nitrogens is 1. The van der Waals surface area contributed by atoms with Gasteiger partial charge in [-0.3, -0.25) is 0 Å². The first kappa shape index (κ1) is 17.0. The van der Waals surface area contributed by atoms with E-state index in [1.165, 1.54) is 27.7 Å². The molecule has 136 valence electrons. The van der Waals surface area contributed by atoms with Gasteiger partial charge < -0.3 is 20.2 Å². The lowest BCUT2D eigenvalue weighted by Crippen LogP contribution is -2.40. The first-order valence-corrected chi connectivity index (χ1v) is 9.24. The highest BCUT2D eigenvalue weighted by Gasteiger charge is 2.35. The number of H-pyrrole nitrogens is 1. The molecule has 0 saturated heterocycles. The average molecular weight is 350 g/mol. The fraction of sp³-hybridized carbons (Fsp3) is 0.364. The second-order valence-corrected chi connectivity index (χ2v) is 7.22. The Kier molecular flexibility index (Phi) is 4.37. The van der Waals surface area contributed by atoms with Gasteiger partial charge in [-0.2, -0.15) is 0 Å². The number of nitrogens with one attached hydrogen (secondary N) is 1. The van der Waals surface area contributed by atoms with Gasteiger partial charge in [0.1, 0.15) is 0 Å². The van der Waals surface area contributed by atoms with Crippen LogP contribution in [0.2, 0.25) is 0 Å². The lowest BCUT2D eigenvalue weighted by Gasteiger charge is -2.34. The molecule has 3 aromatic rings. The van der Waals surface area contributed by atoms with Crippen molar-refractivity contribution in [1.82, 2.24) is 4.98 Å². The van der Waals surface area contributed by atoms with Gasteiger partial charge in [-0.15, -0.1) is 0 Å². The van der Waals surface area contributed by atoms with Crippen LogP contribution in [-0.4, -0.2) is 19.2 Å². The van der Waals surface area contributed by atoms with Crippen LogP contribution in [0.15, 0.2) is 42.5 Å². The van der Waals surface area contributed by atoms with E-state index in [1.54, 1.807) is 14.2 Å². The number of rotatable bonds is 5. The molecule has 4 nitrogen and oxygen atoms in total. The first-order valence-electron chi connectivity index (χ1n) is 9.24. The zero-order valence-corrected chi connectivity index (χ0v) is 15.5. The number of para-hydroxylation sites is 1. The molecular weight excluding hydrogens is 324 g/mol. The molecule has 3 N–H and O–H groups in total. The lowest BCUT2D eigenvalue weighted by atomic mass is 9.77. The Morgan fingerprint density at radius 1 is 1.08 bits per heavy atom. The van der Waals surface area contributed by atoms with Crippen molar-refractivity contribution in [3.8, 4) is 11.5 Å². The third-order valence-corrected chi connectivity index (χ3v) is 5.67. The summed E-state index contributed by atoms with van der Waals surface area (Å²) in [7, 11) is 3.33. The molecule has 1 aliphatic rings. The summed E-state index contributed by atoms with van der Waals surface area (Å²) >= 11 is 0. The van der Waals surface area contributed by atoms with E-state index in [4.69, 9.17) is 15.2 Å². The van der Waals surface area contributed by atoms with Crippen LogP contribution in [0, 0.1) is 0 Å². The van der Waals surface area contributed by atoms with E-state index in [0.717, 1.165) is 43.6 Å². The van der Waals surface area contributed by atoms with Crippen LogP contribution >= 0.6 is 0 Å². The minimum Gasteiger partial charge on any atom is -0.493 e. The molecular formula is C22H26N2O2. The maximum absolute atomic E-state index is 6.92. The van der Waals surface area contributed by atoms with Crippen molar-refractivity contribution in [2.45, 2.75) is 37.6 Å². The van der Waals surface area contributed by atoms with Crippen LogP contribution in [0.25, 0.3) is 10.9 Å². The molecule has 0 radical (unpaired) electrons. The number of aryl methyl sites for hydroxylation is 2. The number of ether oxygens (including phenoxy) is 2. The van der Waals surface area contributed by atoms with Gasteiger partial charge in [0.15, 0.2) is 11.5 Å². The van der Waals surface area contributed by atoms with Crippen molar-refractivity contribution in [1.29, 1.82) is 0 Å². The number of aromatic amines is 1. The summed E-state index contributed by atoms with van der Waals surface area (Å²) in [6, 6.07) is 14.6. The van der Waals surface area contributed by atoms with Crippen molar-refractivity contribution in [2.24, 2.45) is 5.73 Å². The number of benzene rings is 2. The minimum atomic E-state index is -0.306. The summed E-state index contributed by atoms with van der Waals surface area (Å²) in [4.78, 5) is 3.61. The third kappa shape index (κ3) is 2.84. The van der Waals surface area contributed by atoms with Crippen molar-refractivity contribution >= 4 is 10.9 Å². The van der Waals surface area contributed by atoms with Crippen molar-refractivity contribution < 1.29 is 9.47 Å². The minimum absolute atomic E-state index is 0.306. The van der Waals surface area contributed by atoms with Crippen LogP contribution in [-0.2, 0) is 18.4 Å². The predicted octanol–water partition coefficient (Wildman–Crippen LogP) is 4.31. The first-order chi connectivity index (χ1) is 12.6. The molecule has 1 unspecified atom stereocenters. The summed E-state index contributed by atoms with van der Waals surface area (Å²) < 4.78 is 10.8. The molecule has 1 aliphatic carbocycles. The second kappa shape index (κ2) is 6.69. The van der Waals surface area contributed by atoms with E-state index in [9.17, 15) is 0 Å². The lowest BCUT2D eigenvalue weighted by molar-refractivity contribution is 0.337. The van der Waals surface area contributed by atoms with Gasteiger partial charge in [-0.25, -0.2) is 0 Å². The fourth-order valence-electron chi connectivity index (χ4n) is 4.24. The molecule has 0 bridgehead atoms. The molecule has 0 aliphatic heterocycles. The zero-order valence-electron chi connectivity index (χ0n) is 15.5. The summed E-state index contributed by atoms with van der Waals surface area (Å²) in [5.74, 6) is 1.53. The fourth-order valence-corrected chi connectivity index (χ4v) is 4.24. The molecule has 0 saturated carbocycles. The quantitative estimate of drug-likeness (QED) is 0.721. The molecule has 1 atom stereocenters. The van der Waals surface area contributed by atoms with E-state index in [0.29, 0.717) is 0 Å². The summed E-state index contributed by atoms with van der Waals surface area (Å²) in [5, 5.41) is 1.32. The average Bonchev–Trinajstić information content (AvgIpc) is 3.07. The van der Waals surface area contributed by atoms with Gasteiger partial charge in [0.25, 0.3) is 0 Å². The maximum Gasteiger partial charge on any atom is 0.160 e. The van der Waals surface area contributed by atoms with Crippen LogP contribution in [0.1, 0.15) is 36.1 Å². The Hall–Kier alpha value is -2.46. The van der Waals surface area contributed by atoms with Crippen molar-refractivity contribution in [3.05, 3.63) is 59.3 Å². The standard InChI is InChI=1S/C22H26N2O2/c1-25-19-10-9-15(14-20(19)26-2)11-13-22(23)12-5-7-17-16-6-3-4-8-18(16)24-21(17)22/h3-4,6,8-10,14,24H,5,7,11-13,23H2,1-2H3. The Morgan fingerprint density at radius 2 is 1.88 bits per heavy atom. The van der Waals surface area contributed by atoms with Crippen LogP contribution < -0.4 is 15.2 Å². The van der Waals surface area contributed by atoms with Crippen molar-refractivity contribution in [3.63, 3.8) is 0 Å². The number of hydrogen-bond donors (Lipinski definition) is 2. The molecule has 1 heterocycles. The second-order valence-electron chi connectivity index (χ2n) is 7.22. The SMILES string of the molecule is COc1ccc(CCC2(N)CCCc3c2[nH]c2ccccc32)cc1OC. The van der Waals surface area contributed by atoms with Gasteiger partial charge in [0, 0.05) is 16.6 Å². The maximum atomic E-state index is 6.92. The summed E-state index contributed by atoms with van der Waals surface area (Å²) in [6.07, 6.45) is 5.07. The summed E-state index contributed by atoms with van der Waals surface area (Å²) in [6.45, 7) is 0. The number of fused-ring (bicyclic) bond motifs is 3. The normalized spacial score (nSPS) is 19.3. The molecule has 2 aromatic carbocycles. The van der Waals surface area contributed by atoms with Gasteiger partial charge >= 0.3 is 0 Å². The zero-order chi connectivity index (χ0) is 18.1. The highest BCUT2D eigenvalue weighted by Crippen LogP contribution is 2.40. The van der Waals surface area contributed by atoms with E-state index in [-0.39, 0.29) is 5.54 Å². The van der Waals surface area contributed by atoms with E-state index in [1.807, 2.05) is 6.07 Å². The van der Waals surface area contributed by atoms with Crippen molar-refractivity contribution in [2.75, 3.05) is 14.2 Å². The number of methoxy groups -OCH3 is 2. The van der Waals surface area contributed by atoms with E-state index in [2.05, 4.69) is 41.4 Å². The molecule has 4 heteroatoms. The van der Waals surface area contributed by atoms with Gasteiger partial charge in [-0.05, 0) is 61.4 Å². The Labute approximate surface area is 154 Å². The van der Waals surface area contributed by atoms with E-state index >= 15 is 0 Å². The highest BCUT2D eigenvalue weighted by atomic mass is 16.5. The van der Waals surface area contributed by atoms with Crippen LogP contribution in [0.5, 0.6) is 11.5 Å². The highest BCUT2D eigenvalue weighted by molar-refractivity contribution is 5.85. The number of nitrogens with two attached hydrogens (primary N) is 1. The molecule has 0 fully saturated rings. The molecule has 0 amide bonds. The van der Waals surface area contributed by atoms with Crippen LogP contribution in [0.3, 0.4) is 0 Å². The third-order valence-electron chi connectivity index (χ3n) is 5.67. The molecule has 4 rings (SSSR count). The predicted molar refractivity (Wildman–Crippen MR) is 105 cm³/mol. The Bertz CT molecular complexity index is 931. The van der Waals surface area contributed by atoms with Gasteiger partial charge in [0.05, 0.1) is 19.8 Å². The monoisotopic (exact) mass is 350 g/mol. The van der Waals surface area contributed by atoms with Gasteiger partial charge in [0.2, 0.25) is 0 Å². The van der Waals surface area contributed by atoms with Gasteiger partial charge in [-0.1, -0.05) is 24.3 Å².